The van der Waals surface area contributed by atoms with Crippen molar-refractivity contribution >= 4 is 19.8 Å². The van der Waals surface area contributed by atoms with Crippen LogP contribution < -0.4 is 0 Å². The molecule has 10 heteroatoms. The zero-order chi connectivity index (χ0) is 74.0. The van der Waals surface area contributed by atoms with Crippen molar-refractivity contribution in [2.24, 2.45) is 0 Å². The van der Waals surface area contributed by atoms with Crippen molar-refractivity contribution in [2.45, 2.75) is 405 Å². The lowest BCUT2D eigenvalue weighted by atomic mass is 10.0. The van der Waals surface area contributed by atoms with Crippen molar-refractivity contribution in [3.63, 3.8) is 0 Å². The van der Waals surface area contributed by atoms with E-state index in [2.05, 4.69) is 135 Å². The summed E-state index contributed by atoms with van der Waals surface area (Å²) >= 11 is 0. The minimum absolute atomic E-state index is 0.0299. The Morgan fingerprint density at radius 2 is 0.559 bits per heavy atom. The minimum atomic E-state index is -4.40. The van der Waals surface area contributed by atoms with Gasteiger partial charge in [0.25, 0.3) is 0 Å². The monoisotopic (exact) mass is 1440 g/mol. The number of likely N-dealkylation sites (N-methyl/N-ethyl adjacent to an activating group) is 1. The largest absolute Gasteiger partial charge is 0.472 e. The molecule has 0 aromatic rings. The Morgan fingerprint density at radius 1 is 0.314 bits per heavy atom. The van der Waals surface area contributed by atoms with Crippen molar-refractivity contribution in [1.82, 2.24) is 0 Å². The summed E-state index contributed by atoms with van der Waals surface area (Å²) in [4.78, 5) is 36.0. The summed E-state index contributed by atoms with van der Waals surface area (Å²) in [7, 11) is 1.49. The third-order valence-electron chi connectivity index (χ3n) is 19.0. The van der Waals surface area contributed by atoms with Crippen molar-refractivity contribution < 1.29 is 42.1 Å². The number of carbonyl (C=O) groups excluding carboxylic acids is 2. The Hall–Kier alpha value is -3.59. The van der Waals surface area contributed by atoms with E-state index in [9.17, 15) is 19.0 Å². The van der Waals surface area contributed by atoms with Gasteiger partial charge in [0.05, 0.1) is 27.7 Å². The Morgan fingerprint density at radius 3 is 0.833 bits per heavy atom. The van der Waals surface area contributed by atoms with E-state index in [1.807, 2.05) is 21.1 Å². The first kappa shape index (κ1) is 98.4. The average Bonchev–Trinajstić information content (AvgIpc) is 0.914. The van der Waals surface area contributed by atoms with Gasteiger partial charge in [0.2, 0.25) is 0 Å². The molecule has 0 spiro atoms. The summed E-state index contributed by atoms with van der Waals surface area (Å²) in [5.41, 5.74) is 0. The summed E-state index contributed by atoms with van der Waals surface area (Å²) in [5, 5.41) is 0. The van der Waals surface area contributed by atoms with Crippen molar-refractivity contribution in [3.8, 4) is 0 Å². The molecule has 9 nitrogen and oxygen atoms in total. The van der Waals surface area contributed by atoms with Crippen LogP contribution in [-0.4, -0.2) is 74.9 Å². The second-order valence-electron chi connectivity index (χ2n) is 30.2. The number of unbranched alkanes of at least 4 members (excludes halogenated alkanes) is 46. The molecule has 0 radical (unpaired) electrons. The molecule has 590 valence electrons. The van der Waals surface area contributed by atoms with E-state index in [1.165, 1.54) is 270 Å². The highest BCUT2D eigenvalue weighted by molar-refractivity contribution is 7.47. The Bertz CT molecular complexity index is 2140. The molecule has 0 bridgehead atoms. The lowest BCUT2D eigenvalue weighted by Crippen LogP contribution is -2.37. The molecule has 0 aliphatic carbocycles. The first-order chi connectivity index (χ1) is 50.0. The molecule has 0 fully saturated rings. The molecule has 0 aromatic heterocycles. The van der Waals surface area contributed by atoms with E-state index in [-0.39, 0.29) is 32.0 Å². The van der Waals surface area contributed by atoms with Gasteiger partial charge in [-0.05, 0) is 109 Å². The van der Waals surface area contributed by atoms with Gasteiger partial charge in [-0.3, -0.25) is 18.6 Å². The van der Waals surface area contributed by atoms with E-state index >= 15 is 0 Å². The first-order valence-electron chi connectivity index (χ1n) is 43.3. The maximum atomic E-state index is 12.9. The third kappa shape index (κ3) is 85.3. The number of phosphoric ester groups is 1. The van der Waals surface area contributed by atoms with Crippen LogP contribution in [0.25, 0.3) is 0 Å². The average molecular weight is 1440 g/mol. The standard InChI is InChI=1S/C92H164NO8P/c1-6-8-10-12-14-16-18-20-22-24-26-28-30-32-34-36-38-40-42-44-46-48-50-52-54-56-58-60-62-64-66-68-70-72-74-76-78-80-82-84-91(94)98-88-90(89-100-102(96,97)99-87-86-93(3,4)5)101-92(95)85-83-81-79-77-75-73-71-69-67-65-63-61-59-57-55-53-51-49-47-45-43-41-39-37-35-33-31-29-27-25-23-21-19-17-15-13-11-9-7-2/h9,11,15,17-18,20-21,23-24,26-27,29,33,35,39,41,45,47,51,53,90H,6-8,10,12-14,16,19,22,25,28,30-32,34,36-38,40,42-44,46,48-50,52,54-89H2,1-5H3/p+1/b11-9-,17-15-,20-18-,23-21-,26-24-,29-27-,35-33-,41-39-,47-45-,53-51-. The molecule has 0 amide bonds. The molecule has 102 heavy (non-hydrogen) atoms. The quantitative estimate of drug-likeness (QED) is 0.0211. The van der Waals surface area contributed by atoms with Crippen LogP contribution in [0.3, 0.4) is 0 Å². The van der Waals surface area contributed by atoms with Gasteiger partial charge in [0.15, 0.2) is 6.10 Å². The Kier molecular flexibility index (Phi) is 78.6. The summed E-state index contributed by atoms with van der Waals surface area (Å²) in [6, 6.07) is 0. The molecule has 0 aromatic carbocycles. The molecule has 2 atom stereocenters. The molecule has 0 aliphatic rings. The molecule has 0 aliphatic heterocycles. The predicted molar refractivity (Wildman–Crippen MR) is 445 cm³/mol. The van der Waals surface area contributed by atoms with Gasteiger partial charge in [-0.2, -0.15) is 0 Å². The molecule has 0 saturated carbocycles. The van der Waals surface area contributed by atoms with E-state index in [1.54, 1.807) is 0 Å². The molecular formula is C92H165NO8P+. The van der Waals surface area contributed by atoms with Crippen molar-refractivity contribution in [2.75, 3.05) is 47.5 Å². The maximum absolute atomic E-state index is 12.9. The highest BCUT2D eigenvalue weighted by Crippen LogP contribution is 2.43. The van der Waals surface area contributed by atoms with Gasteiger partial charge in [-0.1, -0.05) is 399 Å². The maximum Gasteiger partial charge on any atom is 0.472 e. The van der Waals surface area contributed by atoms with Gasteiger partial charge in [-0.25, -0.2) is 4.57 Å². The second-order valence-corrected chi connectivity index (χ2v) is 31.6. The van der Waals surface area contributed by atoms with E-state index < -0.39 is 26.5 Å². The number of hydrogen-bond acceptors (Lipinski definition) is 7. The first-order valence-corrected chi connectivity index (χ1v) is 44.8. The van der Waals surface area contributed by atoms with Crippen LogP contribution in [-0.2, 0) is 32.7 Å². The number of phosphoric acid groups is 1. The minimum Gasteiger partial charge on any atom is -0.462 e. The number of nitrogens with zero attached hydrogens (tertiary/aromatic N) is 1. The fourth-order valence-corrected chi connectivity index (χ4v) is 13.2. The number of carbonyl (C=O) groups is 2. The van der Waals surface area contributed by atoms with Crippen LogP contribution in [0.5, 0.6) is 0 Å². The number of ether oxygens (including phenoxy) is 2. The topological polar surface area (TPSA) is 108 Å². The highest BCUT2D eigenvalue weighted by Gasteiger charge is 2.27. The molecule has 0 rings (SSSR count). The van der Waals surface area contributed by atoms with Gasteiger partial charge >= 0.3 is 19.8 Å². The zero-order valence-electron chi connectivity index (χ0n) is 67.6. The SMILES string of the molecule is CC/C=C\C/C=C\C/C=C\C/C=C\C/C=C\C/C=C\C/C=C\C/C=C\CCCCCCCCCCCCCCCCC(=O)OC(COC(=O)CCCCCCCCCCCCCCCCCCCCCCCCCCCCC/C=C\C/C=C\CCCCCCC)COP(=O)(O)OCC[N+](C)(C)C. The van der Waals surface area contributed by atoms with E-state index in [4.69, 9.17) is 18.5 Å². The Labute approximate surface area is 632 Å². The molecular weight excluding hydrogens is 1280 g/mol. The number of esters is 2. The normalized spacial score (nSPS) is 13.6. The Balaban J connectivity index is 3.92. The van der Waals surface area contributed by atoms with Crippen molar-refractivity contribution in [1.29, 1.82) is 0 Å². The van der Waals surface area contributed by atoms with Gasteiger partial charge in [0.1, 0.15) is 19.8 Å². The van der Waals surface area contributed by atoms with Gasteiger partial charge in [0, 0.05) is 12.8 Å². The van der Waals surface area contributed by atoms with E-state index in [0.29, 0.717) is 17.4 Å². The number of allylic oxidation sites excluding steroid dienone is 20. The van der Waals surface area contributed by atoms with Crippen molar-refractivity contribution in [3.05, 3.63) is 122 Å². The number of hydrogen-bond donors (Lipinski definition) is 1. The summed E-state index contributed by atoms with van der Waals surface area (Å²) < 4.78 is 34.9. The van der Waals surface area contributed by atoms with Crippen LogP contribution in [0, 0.1) is 0 Å². The lowest BCUT2D eigenvalue weighted by molar-refractivity contribution is -0.870. The van der Waals surface area contributed by atoms with Crippen LogP contribution in [0.15, 0.2) is 122 Å². The zero-order valence-corrected chi connectivity index (χ0v) is 68.5. The van der Waals surface area contributed by atoms with E-state index in [0.717, 1.165) is 96.3 Å². The smallest absolute Gasteiger partial charge is 0.462 e. The molecule has 0 heterocycles. The van der Waals surface area contributed by atoms with Crippen LogP contribution in [0.1, 0.15) is 399 Å². The summed E-state index contributed by atoms with van der Waals surface area (Å²) in [5.74, 6) is -0.784. The third-order valence-corrected chi connectivity index (χ3v) is 20.0. The van der Waals surface area contributed by atoms with Gasteiger partial charge in [-0.15, -0.1) is 0 Å². The molecule has 1 N–H and O–H groups in total. The summed E-state index contributed by atoms with van der Waals surface area (Å²) in [6.07, 6.45) is 118. The fraction of sp³-hybridized carbons (Fsp3) is 0.761. The van der Waals surface area contributed by atoms with Crippen LogP contribution in [0.2, 0.25) is 0 Å². The fourth-order valence-electron chi connectivity index (χ4n) is 12.4. The predicted octanol–water partition coefficient (Wildman–Crippen LogP) is 29.3. The highest BCUT2D eigenvalue weighted by atomic mass is 31.2. The lowest BCUT2D eigenvalue weighted by Gasteiger charge is -2.24. The number of quaternary nitrogens is 1. The van der Waals surface area contributed by atoms with Gasteiger partial charge < -0.3 is 18.9 Å². The summed E-state index contributed by atoms with van der Waals surface area (Å²) in [6.45, 7) is 4.36. The molecule has 2 unspecified atom stereocenters. The number of rotatable bonds is 80. The second kappa shape index (κ2) is 81.5. The van der Waals surface area contributed by atoms with Crippen LogP contribution >= 0.6 is 7.82 Å². The molecule has 0 saturated heterocycles. The van der Waals surface area contributed by atoms with Crippen LogP contribution in [0.4, 0.5) is 0 Å².